The summed E-state index contributed by atoms with van der Waals surface area (Å²) in [4.78, 5) is 14.7. The van der Waals surface area contributed by atoms with Gasteiger partial charge in [-0.25, -0.2) is 4.99 Å². The molecule has 1 saturated heterocycles. The quantitative estimate of drug-likeness (QED) is 0.591. The van der Waals surface area contributed by atoms with E-state index >= 15 is 0 Å². The molecule has 0 saturated carbocycles. The van der Waals surface area contributed by atoms with Crippen molar-refractivity contribution in [3.63, 3.8) is 0 Å². The average molecular weight is 307 g/mol. The van der Waals surface area contributed by atoms with Crippen LogP contribution in [0.5, 0.6) is 0 Å². The topological polar surface area (TPSA) is 44.6 Å². The highest BCUT2D eigenvalue weighted by molar-refractivity contribution is 6.67. The molecule has 1 aromatic rings. The Morgan fingerprint density at radius 3 is 2.50 bits per heavy atom. The van der Waals surface area contributed by atoms with Crippen molar-refractivity contribution in [2.45, 2.75) is 12.8 Å². The Balaban J connectivity index is 2.14. The zero-order valence-corrected chi connectivity index (χ0v) is 11.7. The lowest BCUT2D eigenvalue weighted by Gasteiger charge is -2.27. The second-order valence-electron chi connectivity index (χ2n) is 4.19. The van der Waals surface area contributed by atoms with Crippen LogP contribution in [-0.2, 0) is 0 Å². The molecule has 0 atom stereocenters. The van der Waals surface area contributed by atoms with Crippen LogP contribution in [-0.4, -0.2) is 34.8 Å². The van der Waals surface area contributed by atoms with E-state index in [1.165, 1.54) is 4.42 Å². The van der Waals surface area contributed by atoms with Gasteiger partial charge in [-0.05, 0) is 24.4 Å². The van der Waals surface area contributed by atoms with Gasteiger partial charge in [-0.2, -0.15) is 9.97 Å². The summed E-state index contributed by atoms with van der Waals surface area (Å²) < 4.78 is 1.49. The number of fused-ring (bicyclic) bond motifs is 1. The van der Waals surface area contributed by atoms with E-state index in [1.807, 2.05) is 0 Å². The summed E-state index contributed by atoms with van der Waals surface area (Å²) in [6.07, 6.45) is 2.28. The highest BCUT2D eigenvalue weighted by atomic mass is 35.5. The van der Waals surface area contributed by atoms with Gasteiger partial charge in [0.05, 0.1) is 6.54 Å². The first kappa shape index (κ1) is 12.3. The molecule has 18 heavy (non-hydrogen) atoms. The first-order chi connectivity index (χ1) is 8.65. The van der Waals surface area contributed by atoms with Gasteiger partial charge >= 0.3 is 0 Å². The average Bonchev–Trinajstić information content (AvgIpc) is 2.79. The van der Waals surface area contributed by atoms with Crippen LogP contribution in [0.4, 0.5) is 17.3 Å². The molecule has 2 aliphatic heterocycles. The van der Waals surface area contributed by atoms with E-state index in [1.54, 1.807) is 0 Å². The van der Waals surface area contributed by atoms with Gasteiger partial charge in [0.25, 0.3) is 0 Å². The van der Waals surface area contributed by atoms with Gasteiger partial charge in [0, 0.05) is 24.9 Å². The number of aromatic nitrogens is 2. The summed E-state index contributed by atoms with van der Waals surface area (Å²) in [7, 11) is 0. The fourth-order valence-corrected chi connectivity index (χ4v) is 2.88. The van der Waals surface area contributed by atoms with E-state index in [4.69, 9.17) is 35.0 Å². The van der Waals surface area contributed by atoms with Crippen LogP contribution in [0.15, 0.2) is 4.99 Å². The fraction of sp³-hybridized carbons (Fsp3) is 0.500. The molecule has 3 rings (SSSR count). The van der Waals surface area contributed by atoms with Crippen LogP contribution in [0, 0.1) is 0 Å². The summed E-state index contributed by atoms with van der Waals surface area (Å²) in [5.41, 5.74) is 0.687. The second-order valence-corrected chi connectivity index (χ2v) is 5.37. The molecule has 0 unspecified atom stereocenters. The highest BCUT2D eigenvalue weighted by Crippen LogP contribution is 2.41. The summed E-state index contributed by atoms with van der Waals surface area (Å²) >= 11 is 18.0. The minimum Gasteiger partial charge on any atom is -0.355 e. The third-order valence-corrected chi connectivity index (χ3v) is 3.63. The van der Waals surface area contributed by atoms with Gasteiger partial charge in [0.1, 0.15) is 10.9 Å². The van der Waals surface area contributed by atoms with Gasteiger partial charge in [0.2, 0.25) is 5.28 Å². The molecule has 0 amide bonds. The van der Waals surface area contributed by atoms with Gasteiger partial charge < -0.3 is 4.90 Å². The number of rotatable bonds is 1. The zero-order chi connectivity index (χ0) is 12.7. The standard InChI is InChI=1S/C10H10Cl3N5/c11-6-5-18(13)7-8(14-6)15-10(12)16-9(7)17-3-1-2-4-17/h1-5H2. The lowest BCUT2D eigenvalue weighted by atomic mass is 10.3. The zero-order valence-electron chi connectivity index (χ0n) is 9.41. The molecule has 96 valence electrons. The van der Waals surface area contributed by atoms with E-state index in [-0.39, 0.29) is 5.28 Å². The van der Waals surface area contributed by atoms with Crippen LogP contribution < -0.4 is 9.32 Å². The number of halogens is 3. The van der Waals surface area contributed by atoms with E-state index in [9.17, 15) is 0 Å². The van der Waals surface area contributed by atoms with Gasteiger partial charge in [0.15, 0.2) is 11.6 Å². The Morgan fingerprint density at radius 1 is 1.06 bits per heavy atom. The molecule has 0 spiro atoms. The Bertz CT molecular complexity index is 512. The largest absolute Gasteiger partial charge is 0.355 e. The Kier molecular flexibility index (Phi) is 3.21. The maximum absolute atomic E-state index is 6.20. The number of aliphatic imine (C=N–C) groups is 1. The Morgan fingerprint density at radius 2 is 1.78 bits per heavy atom. The Hall–Kier alpha value is -0.780. The summed E-state index contributed by atoms with van der Waals surface area (Å²) in [5, 5.41) is 0.551. The lowest BCUT2D eigenvalue weighted by Crippen LogP contribution is -2.27. The summed E-state index contributed by atoms with van der Waals surface area (Å²) in [6, 6.07) is 0. The maximum Gasteiger partial charge on any atom is 0.226 e. The van der Waals surface area contributed by atoms with Crippen molar-refractivity contribution in [2.24, 2.45) is 4.99 Å². The fourth-order valence-electron chi connectivity index (χ4n) is 2.19. The van der Waals surface area contributed by atoms with E-state index in [0.29, 0.717) is 23.2 Å². The number of anilines is 2. The molecule has 3 heterocycles. The van der Waals surface area contributed by atoms with E-state index in [0.717, 1.165) is 31.7 Å². The molecule has 2 aliphatic rings. The van der Waals surface area contributed by atoms with Crippen molar-refractivity contribution in [1.29, 1.82) is 0 Å². The van der Waals surface area contributed by atoms with Crippen molar-refractivity contribution in [3.8, 4) is 0 Å². The second kappa shape index (κ2) is 4.72. The molecule has 8 heteroatoms. The molecule has 0 aliphatic carbocycles. The number of hydrogen-bond donors (Lipinski definition) is 0. The van der Waals surface area contributed by atoms with Crippen molar-refractivity contribution in [2.75, 3.05) is 29.0 Å². The summed E-state index contributed by atoms with van der Waals surface area (Å²) in [6.45, 7) is 2.24. The van der Waals surface area contributed by atoms with Crippen molar-refractivity contribution < 1.29 is 0 Å². The number of hydrogen-bond acceptors (Lipinski definition) is 5. The van der Waals surface area contributed by atoms with Crippen molar-refractivity contribution >= 4 is 57.5 Å². The normalized spacial score (nSPS) is 18.9. The smallest absolute Gasteiger partial charge is 0.226 e. The van der Waals surface area contributed by atoms with E-state index in [2.05, 4.69) is 19.9 Å². The molecule has 0 radical (unpaired) electrons. The molecular formula is C10H10Cl3N5. The molecule has 1 fully saturated rings. The number of nitrogens with zero attached hydrogens (tertiary/aromatic N) is 5. The van der Waals surface area contributed by atoms with Crippen LogP contribution in [0.25, 0.3) is 0 Å². The monoisotopic (exact) mass is 305 g/mol. The highest BCUT2D eigenvalue weighted by Gasteiger charge is 2.28. The predicted molar refractivity (Wildman–Crippen MR) is 74.6 cm³/mol. The van der Waals surface area contributed by atoms with Crippen molar-refractivity contribution in [1.82, 2.24) is 9.97 Å². The Labute approximate surface area is 119 Å². The minimum absolute atomic E-state index is 0.163. The van der Waals surface area contributed by atoms with Gasteiger partial charge in [-0.1, -0.05) is 11.6 Å². The third kappa shape index (κ3) is 2.11. The first-order valence-electron chi connectivity index (χ1n) is 5.64. The molecule has 5 nitrogen and oxygen atoms in total. The van der Waals surface area contributed by atoms with E-state index < -0.39 is 0 Å². The molecule has 0 aromatic carbocycles. The van der Waals surface area contributed by atoms with Crippen LogP contribution in [0.2, 0.25) is 5.28 Å². The van der Waals surface area contributed by atoms with Crippen molar-refractivity contribution in [3.05, 3.63) is 5.28 Å². The molecule has 1 aromatic heterocycles. The van der Waals surface area contributed by atoms with Crippen LogP contribution in [0.3, 0.4) is 0 Å². The van der Waals surface area contributed by atoms with Gasteiger partial charge in [-0.15, -0.1) is 0 Å². The third-order valence-electron chi connectivity index (χ3n) is 2.96. The first-order valence-corrected chi connectivity index (χ1v) is 6.73. The maximum atomic E-state index is 6.20. The lowest BCUT2D eigenvalue weighted by molar-refractivity contribution is 0.920. The molecular weight excluding hydrogens is 297 g/mol. The minimum atomic E-state index is 0.163. The molecule has 0 bridgehead atoms. The van der Waals surface area contributed by atoms with Gasteiger partial charge in [-0.3, -0.25) is 4.42 Å². The molecule has 0 N–H and O–H groups in total. The van der Waals surface area contributed by atoms with Crippen LogP contribution in [0.1, 0.15) is 12.8 Å². The SMILES string of the molecule is ClC1=Nc2nc(Cl)nc(N3CCCC3)c2N(Cl)C1. The predicted octanol–water partition coefficient (Wildman–Crippen LogP) is 2.97. The summed E-state index contributed by atoms with van der Waals surface area (Å²) in [5.74, 6) is 1.17. The van der Waals surface area contributed by atoms with Crippen LogP contribution >= 0.6 is 35.0 Å².